The number of hydrogen-bond acceptors (Lipinski definition) is 3. The van der Waals surface area contributed by atoms with Crippen LogP contribution in [0.5, 0.6) is 0 Å². The Morgan fingerprint density at radius 1 is 0.962 bits per heavy atom. The minimum atomic E-state index is 0.364. The van der Waals surface area contributed by atoms with Crippen molar-refractivity contribution in [2.75, 3.05) is 6.54 Å². The van der Waals surface area contributed by atoms with Crippen molar-refractivity contribution in [3.05, 3.63) is 94.5 Å². The highest BCUT2D eigenvalue weighted by Gasteiger charge is 2.27. The predicted molar refractivity (Wildman–Crippen MR) is 105 cm³/mol. The maximum Gasteiger partial charge on any atom is 0.0579 e. The van der Waals surface area contributed by atoms with Crippen molar-refractivity contribution < 1.29 is 0 Å². The third kappa shape index (κ3) is 3.95. The fourth-order valence-corrected chi connectivity index (χ4v) is 3.87. The van der Waals surface area contributed by atoms with Gasteiger partial charge in [-0.25, -0.2) is 0 Å². The molecule has 3 heterocycles. The number of pyridine rings is 2. The van der Waals surface area contributed by atoms with Gasteiger partial charge in [0.25, 0.3) is 0 Å². The summed E-state index contributed by atoms with van der Waals surface area (Å²) in [6.45, 7) is 1.97. The molecule has 0 N–H and O–H groups in total. The topological polar surface area (TPSA) is 29.0 Å². The van der Waals surface area contributed by atoms with Crippen LogP contribution in [0.25, 0.3) is 0 Å². The van der Waals surface area contributed by atoms with Crippen LogP contribution in [0.4, 0.5) is 0 Å². The van der Waals surface area contributed by atoms with Crippen molar-refractivity contribution in [2.24, 2.45) is 0 Å². The second-order valence-electron chi connectivity index (χ2n) is 6.77. The molecule has 3 nitrogen and oxygen atoms in total. The van der Waals surface area contributed by atoms with Gasteiger partial charge in [0.2, 0.25) is 0 Å². The summed E-state index contributed by atoms with van der Waals surface area (Å²) in [5.74, 6) is 0. The molecule has 0 amide bonds. The number of nitrogens with zero attached hydrogens (tertiary/aromatic N) is 3. The van der Waals surface area contributed by atoms with Crippen molar-refractivity contribution in [1.82, 2.24) is 14.9 Å². The Labute approximate surface area is 159 Å². The zero-order valence-corrected chi connectivity index (χ0v) is 15.4. The lowest BCUT2D eigenvalue weighted by molar-refractivity contribution is 0.241. The van der Waals surface area contributed by atoms with Gasteiger partial charge in [0.05, 0.1) is 17.4 Å². The molecule has 26 heavy (non-hydrogen) atoms. The lowest BCUT2D eigenvalue weighted by Gasteiger charge is -2.24. The van der Waals surface area contributed by atoms with Crippen LogP contribution in [0, 0.1) is 0 Å². The normalized spacial score (nSPS) is 17.5. The van der Waals surface area contributed by atoms with Crippen LogP contribution in [0.3, 0.4) is 0 Å². The second kappa shape index (κ2) is 7.98. The van der Waals surface area contributed by atoms with Crippen LogP contribution in [0.15, 0.2) is 66.9 Å². The molecule has 2 aromatic heterocycles. The molecule has 3 aromatic rings. The average molecular weight is 364 g/mol. The van der Waals surface area contributed by atoms with Gasteiger partial charge in [-0.2, -0.15) is 0 Å². The highest BCUT2D eigenvalue weighted by atomic mass is 35.5. The van der Waals surface area contributed by atoms with E-state index < -0.39 is 0 Å². The van der Waals surface area contributed by atoms with Gasteiger partial charge in [0.1, 0.15) is 0 Å². The summed E-state index contributed by atoms with van der Waals surface area (Å²) in [4.78, 5) is 11.9. The van der Waals surface area contributed by atoms with Gasteiger partial charge in [0, 0.05) is 29.9 Å². The molecular weight excluding hydrogens is 342 g/mol. The zero-order chi connectivity index (χ0) is 17.8. The molecule has 4 heteroatoms. The van der Waals surface area contributed by atoms with Crippen LogP contribution in [-0.2, 0) is 13.0 Å². The first-order valence-corrected chi connectivity index (χ1v) is 9.50. The van der Waals surface area contributed by atoms with E-state index in [-0.39, 0.29) is 0 Å². The maximum atomic E-state index is 6.31. The minimum absolute atomic E-state index is 0.364. The van der Waals surface area contributed by atoms with Crippen LogP contribution >= 0.6 is 11.6 Å². The van der Waals surface area contributed by atoms with Gasteiger partial charge in [-0.15, -0.1) is 0 Å². The van der Waals surface area contributed by atoms with Gasteiger partial charge in [-0.1, -0.05) is 41.9 Å². The van der Waals surface area contributed by atoms with Crippen LogP contribution in [0.1, 0.15) is 41.5 Å². The van der Waals surface area contributed by atoms with Crippen molar-refractivity contribution in [3.63, 3.8) is 0 Å². The summed E-state index contributed by atoms with van der Waals surface area (Å²) in [6, 6.07) is 20.8. The van der Waals surface area contributed by atoms with E-state index in [4.69, 9.17) is 16.6 Å². The molecule has 0 bridgehead atoms. The fraction of sp³-hybridized carbons (Fsp3) is 0.273. The van der Waals surface area contributed by atoms with E-state index in [1.807, 2.05) is 30.5 Å². The number of halogens is 1. The molecule has 4 rings (SSSR count). The molecule has 1 fully saturated rings. The number of aromatic nitrogens is 2. The third-order valence-electron chi connectivity index (χ3n) is 4.95. The Morgan fingerprint density at radius 3 is 2.65 bits per heavy atom. The van der Waals surface area contributed by atoms with Crippen molar-refractivity contribution in [3.8, 4) is 0 Å². The number of hydrogen-bond donors (Lipinski definition) is 0. The van der Waals surface area contributed by atoms with Gasteiger partial charge in [-0.3, -0.25) is 14.9 Å². The highest BCUT2D eigenvalue weighted by molar-refractivity contribution is 6.31. The molecule has 1 atom stereocenters. The summed E-state index contributed by atoms with van der Waals surface area (Å²) in [7, 11) is 0. The van der Waals surface area contributed by atoms with Crippen LogP contribution in [0.2, 0.25) is 5.02 Å². The Balaban J connectivity index is 1.53. The number of rotatable bonds is 5. The lowest BCUT2D eigenvalue weighted by atomic mass is 10.1. The summed E-state index contributed by atoms with van der Waals surface area (Å²) in [6.07, 6.45) is 4.98. The lowest BCUT2D eigenvalue weighted by Crippen LogP contribution is -2.24. The first kappa shape index (κ1) is 17.2. The molecule has 0 aliphatic carbocycles. The molecule has 0 spiro atoms. The zero-order valence-electron chi connectivity index (χ0n) is 14.7. The van der Waals surface area contributed by atoms with Gasteiger partial charge in [0.15, 0.2) is 0 Å². The molecular formula is C22H22ClN3. The quantitative estimate of drug-likeness (QED) is 0.634. The molecule has 1 aromatic carbocycles. The van der Waals surface area contributed by atoms with Crippen molar-refractivity contribution >= 4 is 11.6 Å². The van der Waals surface area contributed by atoms with Gasteiger partial charge < -0.3 is 0 Å². The molecule has 0 saturated carbocycles. The first-order chi connectivity index (χ1) is 12.8. The van der Waals surface area contributed by atoms with Crippen molar-refractivity contribution in [2.45, 2.75) is 31.8 Å². The second-order valence-corrected chi connectivity index (χ2v) is 7.18. The van der Waals surface area contributed by atoms with Crippen molar-refractivity contribution in [1.29, 1.82) is 0 Å². The van der Waals surface area contributed by atoms with E-state index in [9.17, 15) is 0 Å². The third-order valence-corrected chi connectivity index (χ3v) is 5.32. The van der Waals surface area contributed by atoms with Gasteiger partial charge >= 0.3 is 0 Å². The smallest absolute Gasteiger partial charge is 0.0579 e. The largest absolute Gasteiger partial charge is 0.289 e. The Morgan fingerprint density at radius 2 is 1.81 bits per heavy atom. The van der Waals surface area contributed by atoms with Gasteiger partial charge in [-0.05, 0) is 55.3 Å². The minimum Gasteiger partial charge on any atom is -0.289 e. The first-order valence-electron chi connectivity index (χ1n) is 9.13. The Kier molecular flexibility index (Phi) is 5.28. The highest BCUT2D eigenvalue weighted by Crippen LogP contribution is 2.32. The standard InChI is InChI=1S/C22H22ClN3/c23-20-10-2-1-7-17(20)15-18-9-5-11-21(25-18)22-12-6-14-26(22)16-19-8-3-4-13-24-19/h1-5,7-11,13,22H,6,12,14-16H2/t22-/m1/s1. The molecule has 132 valence electrons. The summed E-state index contributed by atoms with van der Waals surface area (Å²) in [5.41, 5.74) is 4.46. The van der Waals surface area contributed by atoms with Crippen LogP contribution < -0.4 is 0 Å². The monoisotopic (exact) mass is 363 g/mol. The Hall–Kier alpha value is -2.23. The predicted octanol–water partition coefficient (Wildman–Crippen LogP) is 5.06. The number of benzene rings is 1. The summed E-state index contributed by atoms with van der Waals surface area (Å²) < 4.78 is 0. The van der Waals surface area contributed by atoms with E-state index in [0.29, 0.717) is 6.04 Å². The summed E-state index contributed by atoms with van der Waals surface area (Å²) >= 11 is 6.31. The molecule has 1 saturated heterocycles. The van der Waals surface area contributed by atoms with E-state index in [0.717, 1.165) is 53.6 Å². The van der Waals surface area contributed by atoms with E-state index in [1.54, 1.807) is 0 Å². The maximum absolute atomic E-state index is 6.31. The molecule has 0 unspecified atom stereocenters. The van der Waals surface area contributed by atoms with E-state index in [1.165, 1.54) is 6.42 Å². The fourth-order valence-electron chi connectivity index (χ4n) is 3.67. The van der Waals surface area contributed by atoms with E-state index >= 15 is 0 Å². The van der Waals surface area contributed by atoms with Crippen LogP contribution in [-0.4, -0.2) is 21.4 Å². The molecule has 1 aliphatic rings. The summed E-state index contributed by atoms with van der Waals surface area (Å²) in [5, 5.41) is 0.803. The number of likely N-dealkylation sites (tertiary alicyclic amines) is 1. The SMILES string of the molecule is Clc1ccccc1Cc1cccc([C@H]2CCCN2Cc2ccccn2)n1. The molecule has 1 aliphatic heterocycles. The van der Waals surface area contributed by atoms with E-state index in [2.05, 4.69) is 46.3 Å². The average Bonchev–Trinajstić information content (AvgIpc) is 3.13. The Bertz CT molecular complexity index is 866. The molecule has 0 radical (unpaired) electrons.